The summed E-state index contributed by atoms with van der Waals surface area (Å²) in [6, 6.07) is 10.8. The van der Waals surface area contributed by atoms with Gasteiger partial charge in [-0.2, -0.15) is 0 Å². The highest BCUT2D eigenvalue weighted by molar-refractivity contribution is 7.92. The van der Waals surface area contributed by atoms with Crippen molar-refractivity contribution < 1.29 is 17.9 Å². The highest BCUT2D eigenvalue weighted by atomic mass is 35.5. The molecule has 27 heavy (non-hydrogen) atoms. The van der Waals surface area contributed by atoms with Gasteiger partial charge in [0.2, 0.25) is 0 Å². The maximum Gasteiger partial charge on any atom is 0.261 e. The number of anilines is 1. The maximum atomic E-state index is 12.6. The number of hydrogen-bond acceptors (Lipinski definition) is 4. The van der Waals surface area contributed by atoms with Crippen LogP contribution in [-0.2, 0) is 14.8 Å². The van der Waals surface area contributed by atoms with Crippen LogP contribution in [0.3, 0.4) is 0 Å². The number of halogens is 1. The zero-order chi connectivity index (χ0) is 19.4. The van der Waals surface area contributed by atoms with E-state index in [-0.39, 0.29) is 16.9 Å². The van der Waals surface area contributed by atoms with E-state index in [0.717, 1.165) is 19.4 Å². The van der Waals surface area contributed by atoms with Crippen LogP contribution in [0.2, 0.25) is 5.02 Å². The van der Waals surface area contributed by atoms with Gasteiger partial charge in [-0.3, -0.25) is 9.52 Å². The van der Waals surface area contributed by atoms with Crippen LogP contribution in [0.25, 0.3) is 0 Å². The summed E-state index contributed by atoms with van der Waals surface area (Å²) in [7, 11) is -3.78. The number of amides is 1. The van der Waals surface area contributed by atoms with Crippen LogP contribution in [0.1, 0.15) is 28.8 Å². The molecule has 1 amide bonds. The van der Waals surface area contributed by atoms with Gasteiger partial charge in [0.1, 0.15) is 0 Å². The lowest BCUT2D eigenvalue weighted by Gasteiger charge is -2.14. The summed E-state index contributed by atoms with van der Waals surface area (Å²) in [5, 5.41) is 3.29. The van der Waals surface area contributed by atoms with Crippen LogP contribution in [0.5, 0.6) is 0 Å². The molecule has 0 aromatic heterocycles. The molecule has 0 aliphatic carbocycles. The molecule has 0 radical (unpaired) electrons. The van der Waals surface area contributed by atoms with Crippen molar-refractivity contribution in [3.8, 4) is 0 Å². The number of carbonyl (C=O) groups is 1. The highest BCUT2D eigenvalue weighted by Crippen LogP contribution is 2.22. The summed E-state index contributed by atoms with van der Waals surface area (Å²) >= 11 is 5.81. The van der Waals surface area contributed by atoms with Gasteiger partial charge >= 0.3 is 0 Å². The number of carbonyl (C=O) groups excluding carboxylic acids is 1. The number of rotatable bonds is 6. The first kappa shape index (κ1) is 19.7. The van der Waals surface area contributed by atoms with E-state index in [1.54, 1.807) is 19.1 Å². The van der Waals surface area contributed by atoms with Crippen molar-refractivity contribution in [1.29, 1.82) is 0 Å². The minimum atomic E-state index is -3.78. The van der Waals surface area contributed by atoms with E-state index in [2.05, 4.69) is 10.0 Å². The van der Waals surface area contributed by atoms with Crippen molar-refractivity contribution >= 4 is 33.2 Å². The Morgan fingerprint density at radius 1 is 1.22 bits per heavy atom. The van der Waals surface area contributed by atoms with Gasteiger partial charge < -0.3 is 10.1 Å². The number of hydrogen-bond donors (Lipinski definition) is 2. The van der Waals surface area contributed by atoms with Crippen LogP contribution in [-0.4, -0.2) is 33.6 Å². The molecule has 0 saturated carbocycles. The maximum absolute atomic E-state index is 12.6. The molecule has 2 N–H and O–H groups in total. The number of aryl methyl sites for hydroxylation is 1. The summed E-state index contributed by atoms with van der Waals surface area (Å²) in [4.78, 5) is 12.5. The van der Waals surface area contributed by atoms with Gasteiger partial charge in [0.15, 0.2) is 0 Å². The van der Waals surface area contributed by atoms with Gasteiger partial charge in [0.25, 0.3) is 15.9 Å². The summed E-state index contributed by atoms with van der Waals surface area (Å²) in [5.74, 6) is -0.266. The number of ether oxygens (including phenoxy) is 1. The quantitative estimate of drug-likeness (QED) is 0.767. The number of nitrogens with one attached hydrogen (secondary N) is 2. The molecule has 1 heterocycles. The van der Waals surface area contributed by atoms with Crippen molar-refractivity contribution in [1.82, 2.24) is 5.32 Å². The predicted molar refractivity (Wildman–Crippen MR) is 105 cm³/mol. The largest absolute Gasteiger partial charge is 0.376 e. The van der Waals surface area contributed by atoms with Crippen molar-refractivity contribution in [2.24, 2.45) is 0 Å². The lowest BCUT2D eigenvalue weighted by atomic mass is 10.1. The van der Waals surface area contributed by atoms with Crippen molar-refractivity contribution in [3.63, 3.8) is 0 Å². The first-order chi connectivity index (χ1) is 12.8. The Kier molecular flexibility index (Phi) is 6.04. The molecule has 1 atom stereocenters. The average molecular weight is 409 g/mol. The van der Waals surface area contributed by atoms with E-state index < -0.39 is 10.0 Å². The Bertz CT molecular complexity index is 923. The predicted octanol–water partition coefficient (Wildman–Crippen LogP) is 3.36. The average Bonchev–Trinajstić information content (AvgIpc) is 3.15. The van der Waals surface area contributed by atoms with E-state index in [9.17, 15) is 13.2 Å². The minimum Gasteiger partial charge on any atom is -0.376 e. The standard InChI is InChI=1S/C19H21ClN2O4S/c1-13-4-5-14(19(23)21-12-16-3-2-10-26-16)11-18(13)22-27(24,25)17-8-6-15(20)7-9-17/h4-9,11,16,22H,2-3,10,12H2,1H3,(H,21,23). The highest BCUT2D eigenvalue weighted by Gasteiger charge is 2.19. The molecular formula is C19H21ClN2O4S. The molecule has 2 aromatic rings. The number of sulfonamides is 1. The second-order valence-electron chi connectivity index (χ2n) is 6.43. The first-order valence-corrected chi connectivity index (χ1v) is 10.5. The van der Waals surface area contributed by atoms with Gasteiger partial charge in [-0.05, 0) is 61.7 Å². The lowest BCUT2D eigenvalue weighted by molar-refractivity contribution is 0.0858. The molecule has 0 spiro atoms. The lowest BCUT2D eigenvalue weighted by Crippen LogP contribution is -2.31. The molecule has 1 aliphatic heterocycles. The molecular weight excluding hydrogens is 388 g/mol. The molecule has 1 fully saturated rings. The van der Waals surface area contributed by atoms with E-state index in [4.69, 9.17) is 16.3 Å². The van der Waals surface area contributed by atoms with E-state index in [1.165, 1.54) is 30.3 Å². The molecule has 3 rings (SSSR count). The second-order valence-corrected chi connectivity index (χ2v) is 8.55. The fourth-order valence-electron chi connectivity index (χ4n) is 2.80. The Labute approximate surface area is 163 Å². The van der Waals surface area contributed by atoms with Gasteiger partial charge in [0.05, 0.1) is 16.7 Å². The van der Waals surface area contributed by atoms with Gasteiger partial charge in [-0.1, -0.05) is 17.7 Å². The molecule has 1 aliphatic rings. The Morgan fingerprint density at radius 2 is 1.96 bits per heavy atom. The fourth-order valence-corrected chi connectivity index (χ4v) is 4.05. The molecule has 6 nitrogen and oxygen atoms in total. The molecule has 144 valence electrons. The molecule has 2 aromatic carbocycles. The van der Waals surface area contributed by atoms with E-state index in [1.807, 2.05) is 0 Å². The summed E-state index contributed by atoms with van der Waals surface area (Å²) in [6.45, 7) is 2.94. The zero-order valence-electron chi connectivity index (χ0n) is 14.9. The Hall–Kier alpha value is -2.09. The van der Waals surface area contributed by atoms with Crippen LogP contribution in [0.4, 0.5) is 5.69 Å². The topological polar surface area (TPSA) is 84.5 Å². The summed E-state index contributed by atoms with van der Waals surface area (Å²) in [6.07, 6.45) is 1.98. The summed E-state index contributed by atoms with van der Waals surface area (Å²) < 4.78 is 33.2. The van der Waals surface area contributed by atoms with Crippen molar-refractivity contribution in [2.75, 3.05) is 17.9 Å². The third-order valence-corrected chi connectivity index (χ3v) is 6.02. The third-order valence-electron chi connectivity index (χ3n) is 4.38. The van der Waals surface area contributed by atoms with Gasteiger partial charge in [-0.15, -0.1) is 0 Å². The molecule has 1 saturated heterocycles. The third kappa shape index (κ3) is 5.00. The number of benzene rings is 2. The van der Waals surface area contributed by atoms with Crippen molar-refractivity contribution in [2.45, 2.75) is 30.8 Å². The molecule has 0 bridgehead atoms. The van der Waals surface area contributed by atoms with Gasteiger partial charge in [-0.25, -0.2) is 8.42 Å². The van der Waals surface area contributed by atoms with Crippen LogP contribution < -0.4 is 10.0 Å². The van der Waals surface area contributed by atoms with Crippen LogP contribution in [0, 0.1) is 6.92 Å². The fraction of sp³-hybridized carbons (Fsp3) is 0.316. The smallest absolute Gasteiger partial charge is 0.261 e. The van der Waals surface area contributed by atoms with Crippen molar-refractivity contribution in [3.05, 3.63) is 58.6 Å². The summed E-state index contributed by atoms with van der Waals surface area (Å²) in [5.41, 5.74) is 1.45. The van der Waals surface area contributed by atoms with Crippen LogP contribution in [0.15, 0.2) is 47.4 Å². The monoisotopic (exact) mass is 408 g/mol. The normalized spacial score (nSPS) is 16.9. The Morgan fingerprint density at radius 3 is 2.63 bits per heavy atom. The zero-order valence-corrected chi connectivity index (χ0v) is 16.4. The SMILES string of the molecule is Cc1ccc(C(=O)NCC2CCCO2)cc1NS(=O)(=O)c1ccc(Cl)cc1. The minimum absolute atomic E-state index is 0.0438. The van der Waals surface area contributed by atoms with E-state index >= 15 is 0 Å². The Balaban J connectivity index is 1.74. The van der Waals surface area contributed by atoms with E-state index in [0.29, 0.717) is 28.4 Å². The second kappa shape index (κ2) is 8.29. The first-order valence-electron chi connectivity index (χ1n) is 8.64. The van der Waals surface area contributed by atoms with Crippen LogP contribution >= 0.6 is 11.6 Å². The van der Waals surface area contributed by atoms with Gasteiger partial charge in [0, 0.05) is 23.7 Å². The molecule has 8 heteroatoms. The molecule has 1 unspecified atom stereocenters.